The van der Waals surface area contributed by atoms with Gasteiger partial charge in [-0.1, -0.05) is 0 Å². The zero-order chi connectivity index (χ0) is 13.0. The summed E-state index contributed by atoms with van der Waals surface area (Å²) in [5, 5.41) is 0. The van der Waals surface area contributed by atoms with E-state index in [-0.39, 0.29) is 11.7 Å². The van der Waals surface area contributed by atoms with Crippen molar-refractivity contribution in [3.05, 3.63) is 0 Å². The molecule has 0 aromatic rings. The molecule has 0 saturated carbocycles. The van der Waals surface area contributed by atoms with Crippen molar-refractivity contribution < 1.29 is 4.79 Å². The van der Waals surface area contributed by atoms with Crippen molar-refractivity contribution in [2.75, 3.05) is 53.4 Å². The Morgan fingerprint density at radius 2 is 1.78 bits per heavy atom. The van der Waals surface area contributed by atoms with Gasteiger partial charge in [0, 0.05) is 44.7 Å². The number of Topliss-reactive ketones (excluding diaryl/α,β-unsaturated/α-hetero) is 1. The summed E-state index contributed by atoms with van der Waals surface area (Å²) in [7, 11) is 4.20. The molecular formula is C14H23N3O. The van der Waals surface area contributed by atoms with Gasteiger partial charge in [0.25, 0.3) is 0 Å². The smallest absolute Gasteiger partial charge is 0.211 e. The third-order valence-electron chi connectivity index (χ3n) is 3.84. The number of hydrogen-bond acceptors (Lipinski definition) is 4. The van der Waals surface area contributed by atoms with Crippen LogP contribution in [-0.4, -0.2) is 73.8 Å². The lowest BCUT2D eigenvalue weighted by atomic mass is 9.94. The van der Waals surface area contributed by atoms with E-state index in [0.29, 0.717) is 0 Å². The number of piperidine rings is 1. The van der Waals surface area contributed by atoms with Crippen molar-refractivity contribution in [3.63, 3.8) is 0 Å². The second-order valence-corrected chi connectivity index (χ2v) is 5.49. The molecule has 4 heteroatoms. The lowest BCUT2D eigenvalue weighted by Crippen LogP contribution is -2.42. The molecule has 0 amide bonds. The van der Waals surface area contributed by atoms with Crippen LogP contribution in [0.5, 0.6) is 0 Å². The molecular weight excluding hydrogens is 226 g/mol. The number of rotatable bonds is 1. The SMILES string of the molecule is CN1CCN(C#CC(=O)C2CCCN(C)C2)CC1. The van der Waals surface area contributed by atoms with E-state index in [4.69, 9.17) is 0 Å². The maximum atomic E-state index is 12.0. The highest BCUT2D eigenvalue weighted by atomic mass is 16.1. The first-order valence-corrected chi connectivity index (χ1v) is 6.82. The van der Waals surface area contributed by atoms with Crippen LogP contribution >= 0.6 is 0 Å². The average molecular weight is 249 g/mol. The van der Waals surface area contributed by atoms with Gasteiger partial charge in [0.05, 0.1) is 0 Å². The Bertz CT molecular complexity index is 350. The maximum absolute atomic E-state index is 12.0. The zero-order valence-electron chi connectivity index (χ0n) is 11.5. The average Bonchev–Trinajstić information content (AvgIpc) is 2.38. The van der Waals surface area contributed by atoms with Crippen LogP contribution in [0, 0.1) is 17.9 Å². The van der Waals surface area contributed by atoms with Gasteiger partial charge in [-0.05, 0) is 39.4 Å². The highest BCUT2D eigenvalue weighted by molar-refractivity contribution is 5.97. The van der Waals surface area contributed by atoms with E-state index >= 15 is 0 Å². The summed E-state index contributed by atoms with van der Waals surface area (Å²) in [5.41, 5.74) is 0. The second-order valence-electron chi connectivity index (χ2n) is 5.49. The lowest BCUT2D eigenvalue weighted by molar-refractivity contribution is -0.118. The third-order valence-corrected chi connectivity index (χ3v) is 3.84. The van der Waals surface area contributed by atoms with Crippen LogP contribution in [0.1, 0.15) is 12.8 Å². The summed E-state index contributed by atoms with van der Waals surface area (Å²) in [6.07, 6.45) is 2.11. The van der Waals surface area contributed by atoms with Gasteiger partial charge in [-0.15, -0.1) is 0 Å². The van der Waals surface area contributed by atoms with Gasteiger partial charge in [-0.3, -0.25) is 4.79 Å². The monoisotopic (exact) mass is 249 g/mol. The summed E-state index contributed by atoms with van der Waals surface area (Å²) in [6.45, 7) is 5.94. The van der Waals surface area contributed by atoms with E-state index in [1.165, 1.54) is 0 Å². The van der Waals surface area contributed by atoms with Gasteiger partial charge in [-0.25, -0.2) is 0 Å². The second kappa shape index (κ2) is 6.21. The molecule has 1 atom stereocenters. The van der Waals surface area contributed by atoms with Crippen molar-refractivity contribution in [2.24, 2.45) is 5.92 Å². The molecule has 0 spiro atoms. The van der Waals surface area contributed by atoms with Crippen molar-refractivity contribution in [1.29, 1.82) is 0 Å². The van der Waals surface area contributed by atoms with E-state index < -0.39 is 0 Å². The molecule has 2 rings (SSSR count). The van der Waals surface area contributed by atoms with Gasteiger partial charge >= 0.3 is 0 Å². The maximum Gasteiger partial charge on any atom is 0.211 e. The topological polar surface area (TPSA) is 26.8 Å². The standard InChI is InChI=1S/C14H23N3O/c1-15-8-10-17(11-9-15)7-5-14(18)13-4-3-6-16(2)12-13/h13H,3-4,6,8-12H2,1-2H3. The van der Waals surface area contributed by atoms with Crippen LogP contribution in [0.3, 0.4) is 0 Å². The number of piperazine rings is 1. The van der Waals surface area contributed by atoms with Crippen molar-refractivity contribution >= 4 is 5.78 Å². The molecule has 2 heterocycles. The van der Waals surface area contributed by atoms with E-state index in [9.17, 15) is 4.79 Å². The van der Waals surface area contributed by atoms with E-state index in [2.05, 4.69) is 40.8 Å². The fraction of sp³-hybridized carbons (Fsp3) is 0.786. The molecule has 0 radical (unpaired) electrons. The molecule has 0 bridgehead atoms. The molecule has 2 fully saturated rings. The largest absolute Gasteiger partial charge is 0.330 e. The lowest BCUT2D eigenvalue weighted by Gasteiger charge is -2.29. The summed E-state index contributed by atoms with van der Waals surface area (Å²) in [6, 6.07) is 3.04. The summed E-state index contributed by atoms with van der Waals surface area (Å²) in [4.78, 5) is 18.6. The zero-order valence-corrected chi connectivity index (χ0v) is 11.5. The van der Waals surface area contributed by atoms with Crippen molar-refractivity contribution in [2.45, 2.75) is 12.8 Å². The third kappa shape index (κ3) is 3.72. The van der Waals surface area contributed by atoms with Crippen LogP contribution in [0.4, 0.5) is 0 Å². The fourth-order valence-corrected chi connectivity index (χ4v) is 2.53. The van der Waals surface area contributed by atoms with Gasteiger partial charge in [-0.2, -0.15) is 0 Å². The number of likely N-dealkylation sites (N-methyl/N-ethyl adjacent to an activating group) is 1. The number of carbonyl (C=O) groups is 1. The molecule has 18 heavy (non-hydrogen) atoms. The molecule has 100 valence electrons. The summed E-state index contributed by atoms with van der Waals surface area (Å²) < 4.78 is 0. The first-order valence-electron chi connectivity index (χ1n) is 6.82. The van der Waals surface area contributed by atoms with Gasteiger partial charge < -0.3 is 14.7 Å². The Morgan fingerprint density at radius 1 is 1.06 bits per heavy atom. The molecule has 0 N–H and O–H groups in total. The molecule has 0 aliphatic carbocycles. The predicted octanol–water partition coefficient (Wildman–Crippen LogP) is 0.106. The molecule has 2 aliphatic heterocycles. The molecule has 0 aromatic heterocycles. The van der Waals surface area contributed by atoms with Crippen LogP contribution < -0.4 is 0 Å². The van der Waals surface area contributed by atoms with Crippen LogP contribution in [0.2, 0.25) is 0 Å². The number of ketones is 1. The number of carbonyl (C=O) groups excluding carboxylic acids is 1. The van der Waals surface area contributed by atoms with E-state index in [1.54, 1.807) is 0 Å². The van der Waals surface area contributed by atoms with Crippen LogP contribution in [0.15, 0.2) is 0 Å². The highest BCUT2D eigenvalue weighted by Crippen LogP contribution is 2.15. The first kappa shape index (κ1) is 13.4. The predicted molar refractivity (Wildman–Crippen MR) is 72.1 cm³/mol. The van der Waals surface area contributed by atoms with Crippen LogP contribution in [0.25, 0.3) is 0 Å². The van der Waals surface area contributed by atoms with Gasteiger partial charge in [0.1, 0.15) is 0 Å². The molecule has 1 unspecified atom stereocenters. The Balaban J connectivity index is 1.83. The quantitative estimate of drug-likeness (QED) is 0.616. The minimum atomic E-state index is 0.125. The summed E-state index contributed by atoms with van der Waals surface area (Å²) in [5.74, 6) is 3.10. The summed E-state index contributed by atoms with van der Waals surface area (Å²) >= 11 is 0. The minimum absolute atomic E-state index is 0.125. The van der Waals surface area contributed by atoms with E-state index in [0.717, 1.165) is 52.1 Å². The van der Waals surface area contributed by atoms with E-state index in [1.807, 2.05) is 0 Å². The van der Waals surface area contributed by atoms with Crippen LogP contribution in [-0.2, 0) is 4.79 Å². The fourth-order valence-electron chi connectivity index (χ4n) is 2.53. The molecule has 4 nitrogen and oxygen atoms in total. The highest BCUT2D eigenvalue weighted by Gasteiger charge is 2.22. The Labute approximate surface area is 110 Å². The molecule has 2 saturated heterocycles. The molecule has 0 aromatic carbocycles. The number of nitrogens with zero attached hydrogens (tertiary/aromatic N) is 3. The number of hydrogen-bond donors (Lipinski definition) is 0. The number of likely N-dealkylation sites (tertiary alicyclic amines) is 1. The minimum Gasteiger partial charge on any atom is -0.330 e. The van der Waals surface area contributed by atoms with Crippen molar-refractivity contribution in [3.8, 4) is 12.0 Å². The first-order chi connectivity index (χ1) is 8.65. The Morgan fingerprint density at radius 3 is 2.44 bits per heavy atom. The normalized spacial score (nSPS) is 26.6. The molecule has 2 aliphatic rings. The Kier molecular flexibility index (Phi) is 4.62. The van der Waals surface area contributed by atoms with Gasteiger partial charge in [0.2, 0.25) is 5.78 Å². The van der Waals surface area contributed by atoms with Crippen molar-refractivity contribution in [1.82, 2.24) is 14.7 Å². The Hall–Kier alpha value is -1.05. The van der Waals surface area contributed by atoms with Gasteiger partial charge in [0.15, 0.2) is 0 Å².